The van der Waals surface area contributed by atoms with Crippen molar-refractivity contribution in [1.82, 2.24) is 19.5 Å². The molecule has 5 atom stereocenters. The van der Waals surface area contributed by atoms with E-state index in [1.165, 1.54) is 6.33 Å². The smallest absolute Gasteiger partial charge is 0.356 e. The van der Waals surface area contributed by atoms with Crippen LogP contribution in [0, 0.1) is 11.8 Å². The highest BCUT2D eigenvalue weighted by molar-refractivity contribution is 7.53. The summed E-state index contributed by atoms with van der Waals surface area (Å²) in [5.74, 6) is -2.26. The summed E-state index contributed by atoms with van der Waals surface area (Å²) in [7, 11) is -4.14. The first-order valence-corrected chi connectivity index (χ1v) is 9.24. The summed E-state index contributed by atoms with van der Waals surface area (Å²) < 4.78 is 18.5. The molecule has 0 aliphatic heterocycles. The average Bonchev–Trinajstić information content (AvgIpc) is 2.92. The lowest BCUT2D eigenvalue weighted by molar-refractivity contribution is -0.0305. The number of nitrogens with two attached hydrogens (primary N) is 1. The number of aromatic nitrogens is 4. The molecule has 1 fully saturated rings. The van der Waals surface area contributed by atoms with E-state index >= 15 is 0 Å². The van der Waals surface area contributed by atoms with Gasteiger partial charge in [0.1, 0.15) is 11.8 Å². The summed E-state index contributed by atoms with van der Waals surface area (Å²) in [5, 5.41) is 19.9. The summed E-state index contributed by atoms with van der Waals surface area (Å²) in [6.07, 6.45) is 3.26. The summed E-state index contributed by atoms with van der Waals surface area (Å²) in [5.41, 5.74) is 6.74. The lowest BCUT2D eigenvalue weighted by Crippen LogP contribution is -2.46. The van der Waals surface area contributed by atoms with Crippen molar-refractivity contribution in [2.75, 3.05) is 18.9 Å². The fourth-order valence-electron chi connectivity index (χ4n) is 3.25. The van der Waals surface area contributed by atoms with Crippen molar-refractivity contribution in [3.05, 3.63) is 12.7 Å². The summed E-state index contributed by atoms with van der Waals surface area (Å²) in [6.45, 7) is 1.34. The Balaban J connectivity index is 1.85. The second-order valence-electron chi connectivity index (χ2n) is 5.79. The number of fused-ring (bicyclic) bond motifs is 1. The number of aliphatic hydroxyl groups excluding tert-OH is 2. The molecule has 0 radical (unpaired) electrons. The largest absolute Gasteiger partial charge is 0.396 e. The highest BCUT2D eigenvalue weighted by atomic mass is 31.2. The minimum atomic E-state index is -4.14. The molecule has 2 aromatic rings. The first-order chi connectivity index (χ1) is 11.4. The van der Waals surface area contributed by atoms with E-state index in [0.717, 1.165) is 0 Å². The van der Waals surface area contributed by atoms with E-state index in [9.17, 15) is 19.7 Å². The van der Waals surface area contributed by atoms with E-state index < -0.39 is 25.3 Å². The Kier molecular flexibility index (Phi) is 4.58. The number of aliphatic hydroxyl groups is 2. The van der Waals surface area contributed by atoms with Crippen LogP contribution in [0.3, 0.4) is 0 Å². The van der Waals surface area contributed by atoms with Gasteiger partial charge in [0.15, 0.2) is 17.3 Å². The number of hydrogen-bond acceptors (Lipinski definition) is 8. The highest BCUT2D eigenvalue weighted by Gasteiger charge is 2.51. The Labute approximate surface area is 137 Å². The lowest BCUT2D eigenvalue weighted by atomic mass is 9.69. The van der Waals surface area contributed by atoms with Crippen molar-refractivity contribution >= 4 is 24.6 Å². The number of hydrogen-bond donors (Lipinski definition) is 4. The topological polar surface area (TPSA) is 157 Å². The second kappa shape index (κ2) is 6.38. The van der Waals surface area contributed by atoms with Gasteiger partial charge in [-0.1, -0.05) is 0 Å². The highest BCUT2D eigenvalue weighted by Crippen LogP contribution is 2.57. The van der Waals surface area contributed by atoms with E-state index in [2.05, 4.69) is 15.0 Å². The second-order valence-corrected chi connectivity index (χ2v) is 7.71. The third kappa shape index (κ3) is 2.70. The Morgan fingerprint density at radius 1 is 1.50 bits per heavy atom. The number of rotatable bonds is 6. The van der Waals surface area contributed by atoms with Gasteiger partial charge in [-0.2, -0.15) is 0 Å². The molecule has 24 heavy (non-hydrogen) atoms. The molecule has 2 heterocycles. The maximum atomic E-state index is 12.0. The molecule has 2 aromatic heterocycles. The summed E-state index contributed by atoms with van der Waals surface area (Å²) in [4.78, 5) is 22.0. The summed E-state index contributed by atoms with van der Waals surface area (Å²) >= 11 is 0. The van der Waals surface area contributed by atoms with Crippen molar-refractivity contribution in [3.63, 3.8) is 0 Å². The molecule has 0 bridgehead atoms. The maximum absolute atomic E-state index is 12.0. The summed E-state index contributed by atoms with van der Waals surface area (Å²) in [6, 6.07) is -0.212. The van der Waals surface area contributed by atoms with Crippen LogP contribution < -0.4 is 5.73 Å². The Morgan fingerprint density at radius 3 is 2.92 bits per heavy atom. The maximum Gasteiger partial charge on any atom is 0.356 e. The van der Waals surface area contributed by atoms with Crippen LogP contribution in [0.15, 0.2) is 12.7 Å². The molecule has 2 unspecified atom stereocenters. The quantitative estimate of drug-likeness (QED) is 0.527. The Hall–Kier alpha value is -1.58. The van der Waals surface area contributed by atoms with Gasteiger partial charge < -0.3 is 29.9 Å². The van der Waals surface area contributed by atoms with E-state index in [4.69, 9.17) is 10.3 Å². The zero-order chi connectivity index (χ0) is 17.5. The van der Waals surface area contributed by atoms with Gasteiger partial charge in [-0.3, -0.25) is 4.57 Å². The van der Waals surface area contributed by atoms with Crippen molar-refractivity contribution in [1.29, 1.82) is 0 Å². The van der Waals surface area contributed by atoms with Crippen LogP contribution in [0.1, 0.15) is 19.4 Å². The monoisotopic (exact) mass is 357 g/mol. The third-order valence-corrected chi connectivity index (χ3v) is 6.22. The Morgan fingerprint density at radius 2 is 2.25 bits per heavy atom. The first-order valence-electron chi connectivity index (χ1n) is 7.59. The molecule has 1 aliphatic carbocycles. The van der Waals surface area contributed by atoms with Gasteiger partial charge >= 0.3 is 7.60 Å². The molecule has 0 spiro atoms. The number of anilines is 1. The predicted octanol–water partition coefficient (Wildman–Crippen LogP) is 0.118. The molecular formula is C13H20N5O5P. The van der Waals surface area contributed by atoms with Crippen LogP contribution in [-0.4, -0.2) is 53.7 Å². The number of nitrogens with zero attached hydrogens (tertiary/aromatic N) is 4. The molecule has 3 rings (SSSR count). The van der Waals surface area contributed by atoms with Crippen LogP contribution in [0.5, 0.6) is 0 Å². The van der Waals surface area contributed by atoms with Crippen LogP contribution in [0.2, 0.25) is 0 Å². The fourth-order valence-corrected chi connectivity index (χ4v) is 4.60. The molecule has 132 valence electrons. The SMILES string of the molecule is CCOP(=O)(O)C(O)[C@H]1C[C@@H](n2cnc3c(N)ncnc32)[C@H]1CO. The van der Waals surface area contributed by atoms with Crippen molar-refractivity contribution in [3.8, 4) is 0 Å². The third-order valence-electron chi connectivity index (χ3n) is 4.54. The van der Waals surface area contributed by atoms with E-state index in [0.29, 0.717) is 17.6 Å². The molecule has 5 N–H and O–H groups in total. The molecule has 10 nitrogen and oxygen atoms in total. The van der Waals surface area contributed by atoms with E-state index in [-0.39, 0.29) is 25.1 Å². The van der Waals surface area contributed by atoms with Gasteiger partial charge in [0.25, 0.3) is 0 Å². The molecular weight excluding hydrogens is 337 g/mol. The average molecular weight is 357 g/mol. The molecule has 1 aliphatic rings. The van der Waals surface area contributed by atoms with Crippen LogP contribution in [-0.2, 0) is 9.09 Å². The molecule has 0 aromatic carbocycles. The van der Waals surface area contributed by atoms with Gasteiger partial charge in [0.05, 0.1) is 12.9 Å². The van der Waals surface area contributed by atoms with Gasteiger partial charge in [-0.05, 0) is 13.3 Å². The van der Waals surface area contributed by atoms with Crippen molar-refractivity contribution < 1.29 is 24.2 Å². The Bertz CT molecular complexity index is 783. The minimum Gasteiger partial charge on any atom is -0.396 e. The zero-order valence-electron chi connectivity index (χ0n) is 13.1. The zero-order valence-corrected chi connectivity index (χ0v) is 14.0. The number of nitrogen functional groups attached to an aromatic ring is 1. The predicted molar refractivity (Wildman–Crippen MR) is 84.9 cm³/mol. The van der Waals surface area contributed by atoms with Crippen LogP contribution in [0.4, 0.5) is 5.82 Å². The normalized spacial score (nSPS) is 27.6. The molecule has 1 saturated carbocycles. The molecule has 0 saturated heterocycles. The van der Waals surface area contributed by atoms with Crippen LogP contribution >= 0.6 is 7.60 Å². The molecule has 0 amide bonds. The van der Waals surface area contributed by atoms with Crippen LogP contribution in [0.25, 0.3) is 11.2 Å². The van der Waals surface area contributed by atoms with Gasteiger partial charge in [-0.15, -0.1) is 0 Å². The van der Waals surface area contributed by atoms with E-state index in [1.54, 1.807) is 17.8 Å². The van der Waals surface area contributed by atoms with Gasteiger partial charge in [0.2, 0.25) is 0 Å². The van der Waals surface area contributed by atoms with Gasteiger partial charge in [-0.25, -0.2) is 15.0 Å². The lowest BCUT2D eigenvalue weighted by Gasteiger charge is -2.46. The minimum absolute atomic E-state index is 0.0210. The van der Waals surface area contributed by atoms with E-state index in [1.807, 2.05) is 0 Å². The fraction of sp³-hybridized carbons (Fsp3) is 0.615. The number of imidazole rings is 1. The standard InChI is InChI=1S/C13H20N5O5P/c1-2-23-24(21,22)13(20)7-3-9(8(7)4-19)18-6-17-10-11(14)15-5-16-12(10)18/h5-9,13,19-20H,2-4H2,1H3,(H,21,22)(H2,14,15,16)/t7-,8-,9+,13?/m0/s1. The molecule has 11 heteroatoms. The van der Waals surface area contributed by atoms with Crippen molar-refractivity contribution in [2.24, 2.45) is 11.8 Å². The van der Waals surface area contributed by atoms with Gasteiger partial charge in [0, 0.05) is 24.5 Å². The first kappa shape index (κ1) is 17.2. The van der Waals surface area contributed by atoms with Crippen molar-refractivity contribution in [2.45, 2.75) is 25.2 Å².